The molecule has 0 amide bonds. The zero-order valence-electron chi connectivity index (χ0n) is 11.0. The lowest BCUT2D eigenvalue weighted by atomic mass is 10.0. The molecule has 2 N–H and O–H groups in total. The van der Waals surface area contributed by atoms with Crippen molar-refractivity contribution >= 4 is 0 Å². The third-order valence-electron chi connectivity index (χ3n) is 3.23. The van der Waals surface area contributed by atoms with E-state index in [1.807, 2.05) is 13.8 Å². The van der Waals surface area contributed by atoms with Crippen LogP contribution in [0.1, 0.15) is 32.2 Å². The Balaban J connectivity index is 2.34. The summed E-state index contributed by atoms with van der Waals surface area (Å²) in [4.78, 5) is 4.00. The van der Waals surface area contributed by atoms with Crippen molar-refractivity contribution in [3.63, 3.8) is 0 Å². The van der Waals surface area contributed by atoms with Crippen LogP contribution in [0.2, 0.25) is 0 Å². The van der Waals surface area contributed by atoms with Gasteiger partial charge in [0.15, 0.2) is 17.5 Å². The van der Waals surface area contributed by atoms with E-state index < -0.39 is 23.5 Å². The van der Waals surface area contributed by atoms with E-state index in [4.69, 9.17) is 10.3 Å². The lowest BCUT2D eigenvalue weighted by Crippen LogP contribution is -2.18. The van der Waals surface area contributed by atoms with Crippen LogP contribution in [-0.2, 0) is 0 Å². The van der Waals surface area contributed by atoms with Gasteiger partial charge in [-0.25, -0.2) is 13.2 Å². The maximum absolute atomic E-state index is 13.1. The van der Waals surface area contributed by atoms with Crippen LogP contribution < -0.4 is 5.73 Å². The van der Waals surface area contributed by atoms with Gasteiger partial charge in [-0.2, -0.15) is 4.98 Å². The molecule has 1 aromatic heterocycles. The van der Waals surface area contributed by atoms with E-state index in [2.05, 4.69) is 10.1 Å². The Hall–Kier alpha value is -1.89. The molecular weight excluding hydrogens is 271 g/mol. The van der Waals surface area contributed by atoms with Crippen molar-refractivity contribution in [2.75, 3.05) is 0 Å². The van der Waals surface area contributed by atoms with Gasteiger partial charge in [-0.15, -0.1) is 0 Å². The predicted molar refractivity (Wildman–Crippen MR) is 66.0 cm³/mol. The number of hydrogen-bond acceptors (Lipinski definition) is 4. The second-order valence-corrected chi connectivity index (χ2v) is 4.62. The highest BCUT2D eigenvalue weighted by Gasteiger charge is 2.21. The van der Waals surface area contributed by atoms with Gasteiger partial charge < -0.3 is 10.3 Å². The smallest absolute Gasteiger partial charge is 0.244 e. The topological polar surface area (TPSA) is 64.9 Å². The SMILES string of the molecule is CCC(C)C(N)c1nc(-c2cc(F)c(F)c(F)c2)no1. The third-order valence-corrected chi connectivity index (χ3v) is 3.23. The monoisotopic (exact) mass is 285 g/mol. The highest BCUT2D eigenvalue weighted by Crippen LogP contribution is 2.25. The van der Waals surface area contributed by atoms with Gasteiger partial charge in [0, 0.05) is 5.56 Å². The Bertz CT molecular complexity index is 592. The molecule has 0 bridgehead atoms. The van der Waals surface area contributed by atoms with Crippen molar-refractivity contribution in [2.24, 2.45) is 11.7 Å². The Morgan fingerprint density at radius 2 is 1.85 bits per heavy atom. The van der Waals surface area contributed by atoms with Crippen molar-refractivity contribution in [1.29, 1.82) is 0 Å². The predicted octanol–water partition coefficient (Wildman–Crippen LogP) is 3.20. The van der Waals surface area contributed by atoms with Gasteiger partial charge in [0.2, 0.25) is 11.7 Å². The quantitative estimate of drug-likeness (QED) is 0.876. The molecule has 0 saturated heterocycles. The summed E-state index contributed by atoms with van der Waals surface area (Å²) < 4.78 is 44.2. The summed E-state index contributed by atoms with van der Waals surface area (Å²) >= 11 is 0. The van der Waals surface area contributed by atoms with E-state index in [1.165, 1.54) is 0 Å². The molecule has 0 spiro atoms. The minimum absolute atomic E-state index is 0.00671. The molecule has 1 heterocycles. The van der Waals surface area contributed by atoms with E-state index in [-0.39, 0.29) is 23.2 Å². The van der Waals surface area contributed by atoms with Crippen LogP contribution >= 0.6 is 0 Å². The second-order valence-electron chi connectivity index (χ2n) is 4.62. The highest BCUT2D eigenvalue weighted by molar-refractivity contribution is 5.54. The number of hydrogen-bond donors (Lipinski definition) is 1. The largest absolute Gasteiger partial charge is 0.337 e. The molecule has 4 nitrogen and oxygen atoms in total. The van der Waals surface area contributed by atoms with Crippen molar-refractivity contribution in [3.8, 4) is 11.4 Å². The first-order chi connectivity index (χ1) is 9.43. The first-order valence-corrected chi connectivity index (χ1v) is 6.18. The van der Waals surface area contributed by atoms with Crippen LogP contribution in [-0.4, -0.2) is 10.1 Å². The standard InChI is InChI=1S/C13H14F3N3O/c1-3-6(2)11(17)13-18-12(19-20-13)7-4-8(14)10(16)9(15)5-7/h4-6,11H,3,17H2,1-2H3. The summed E-state index contributed by atoms with van der Waals surface area (Å²) in [5, 5.41) is 3.61. The maximum Gasteiger partial charge on any atom is 0.244 e. The number of nitrogens with two attached hydrogens (primary N) is 1. The van der Waals surface area contributed by atoms with E-state index in [1.54, 1.807) is 0 Å². The van der Waals surface area contributed by atoms with Crippen molar-refractivity contribution in [2.45, 2.75) is 26.3 Å². The van der Waals surface area contributed by atoms with Gasteiger partial charge in [0.05, 0.1) is 6.04 Å². The summed E-state index contributed by atoms with van der Waals surface area (Å²) in [6.45, 7) is 3.89. The van der Waals surface area contributed by atoms with Gasteiger partial charge in [-0.3, -0.25) is 0 Å². The molecule has 0 aliphatic rings. The fourth-order valence-corrected chi connectivity index (χ4v) is 1.67. The fourth-order valence-electron chi connectivity index (χ4n) is 1.67. The Morgan fingerprint density at radius 3 is 2.40 bits per heavy atom. The van der Waals surface area contributed by atoms with Crippen molar-refractivity contribution in [3.05, 3.63) is 35.5 Å². The van der Waals surface area contributed by atoms with Gasteiger partial charge in [-0.1, -0.05) is 25.4 Å². The number of halogens is 3. The number of aromatic nitrogens is 2. The van der Waals surface area contributed by atoms with Crippen LogP contribution in [0.5, 0.6) is 0 Å². The van der Waals surface area contributed by atoms with Gasteiger partial charge in [0.25, 0.3) is 0 Å². The average Bonchev–Trinajstić information content (AvgIpc) is 2.92. The number of benzene rings is 1. The molecule has 0 aliphatic carbocycles. The lowest BCUT2D eigenvalue weighted by Gasteiger charge is -2.12. The van der Waals surface area contributed by atoms with Gasteiger partial charge in [-0.05, 0) is 18.1 Å². The number of rotatable bonds is 4. The molecule has 7 heteroatoms. The first-order valence-electron chi connectivity index (χ1n) is 6.18. The summed E-state index contributed by atoms with van der Waals surface area (Å²) in [5.74, 6) is -3.88. The molecule has 20 heavy (non-hydrogen) atoms. The molecule has 108 valence electrons. The highest BCUT2D eigenvalue weighted by atomic mass is 19.2. The zero-order valence-corrected chi connectivity index (χ0v) is 11.0. The molecule has 2 aromatic rings. The average molecular weight is 285 g/mol. The molecule has 2 atom stereocenters. The molecule has 0 fully saturated rings. The van der Waals surface area contributed by atoms with E-state index >= 15 is 0 Å². The molecule has 0 aliphatic heterocycles. The molecule has 1 aromatic carbocycles. The molecule has 2 rings (SSSR count). The fraction of sp³-hybridized carbons (Fsp3) is 0.385. The van der Waals surface area contributed by atoms with Crippen LogP contribution in [0.15, 0.2) is 16.7 Å². The Kier molecular flexibility index (Phi) is 4.08. The van der Waals surface area contributed by atoms with Gasteiger partial charge in [0.1, 0.15) is 0 Å². The second kappa shape index (κ2) is 5.62. The molecule has 0 saturated carbocycles. The summed E-state index contributed by atoms with van der Waals surface area (Å²) in [6, 6.07) is 1.15. The minimum Gasteiger partial charge on any atom is -0.337 e. The Morgan fingerprint density at radius 1 is 1.25 bits per heavy atom. The molecule has 0 radical (unpaired) electrons. The van der Waals surface area contributed by atoms with Crippen molar-refractivity contribution in [1.82, 2.24) is 10.1 Å². The summed E-state index contributed by atoms with van der Waals surface area (Å²) in [6.07, 6.45) is 0.818. The van der Waals surface area contributed by atoms with Crippen molar-refractivity contribution < 1.29 is 17.7 Å². The molecule has 2 unspecified atom stereocenters. The number of nitrogens with zero attached hydrogens (tertiary/aromatic N) is 2. The van der Waals surface area contributed by atoms with Crippen LogP contribution in [0.4, 0.5) is 13.2 Å². The Labute approximate surface area is 113 Å². The maximum atomic E-state index is 13.1. The lowest BCUT2D eigenvalue weighted by molar-refractivity contribution is 0.312. The zero-order chi connectivity index (χ0) is 14.9. The summed E-state index contributed by atoms with van der Waals surface area (Å²) in [5.41, 5.74) is 5.91. The van der Waals surface area contributed by atoms with E-state index in [9.17, 15) is 13.2 Å². The van der Waals surface area contributed by atoms with Crippen LogP contribution in [0.3, 0.4) is 0 Å². The van der Waals surface area contributed by atoms with E-state index in [0.717, 1.165) is 18.6 Å². The normalized spacial score (nSPS) is 14.3. The van der Waals surface area contributed by atoms with E-state index in [0.29, 0.717) is 0 Å². The van der Waals surface area contributed by atoms with Crippen LogP contribution in [0, 0.1) is 23.4 Å². The first kappa shape index (κ1) is 14.5. The van der Waals surface area contributed by atoms with Crippen LogP contribution in [0.25, 0.3) is 11.4 Å². The minimum atomic E-state index is -1.53. The third kappa shape index (κ3) is 2.67. The summed E-state index contributed by atoms with van der Waals surface area (Å²) in [7, 11) is 0. The van der Waals surface area contributed by atoms with Gasteiger partial charge >= 0.3 is 0 Å². The molecular formula is C13H14F3N3O.